The molecule has 6 heteroatoms. The summed E-state index contributed by atoms with van der Waals surface area (Å²) in [7, 11) is 3.48. The number of hydrogen-bond acceptors (Lipinski definition) is 2. The maximum Gasteiger partial charge on any atom is 0.243 e. The largest absolute Gasteiger partial charge is 0.355 e. The molecule has 0 heterocycles. The van der Waals surface area contributed by atoms with Crippen molar-refractivity contribution in [3.8, 4) is 0 Å². The van der Waals surface area contributed by atoms with E-state index in [0.717, 1.165) is 12.1 Å². The summed E-state index contributed by atoms with van der Waals surface area (Å²) in [4.78, 5) is 17.8. The highest BCUT2D eigenvalue weighted by Crippen LogP contribution is 2.43. The van der Waals surface area contributed by atoms with E-state index in [1.165, 1.54) is 24.8 Å². The van der Waals surface area contributed by atoms with Crippen LogP contribution in [0.5, 0.6) is 0 Å². The highest BCUT2D eigenvalue weighted by Gasteiger charge is 2.38. The van der Waals surface area contributed by atoms with Gasteiger partial charge in [0.15, 0.2) is 5.96 Å². The van der Waals surface area contributed by atoms with Crippen molar-refractivity contribution in [2.75, 3.05) is 33.7 Å². The number of nitrogens with one attached hydrogen (secondary N) is 2. The van der Waals surface area contributed by atoms with E-state index in [4.69, 9.17) is 0 Å². The molecule has 1 aromatic rings. The lowest BCUT2D eigenvalue weighted by atomic mass is 9.64. The van der Waals surface area contributed by atoms with Gasteiger partial charge in [0.1, 0.15) is 6.54 Å². The second-order valence-corrected chi connectivity index (χ2v) is 7.12. The van der Waals surface area contributed by atoms with E-state index in [1.807, 2.05) is 6.92 Å². The number of nitrogens with zero attached hydrogens (tertiary/aromatic N) is 2. The van der Waals surface area contributed by atoms with Gasteiger partial charge in [0, 0.05) is 32.6 Å². The molecule has 2 rings (SSSR count). The maximum absolute atomic E-state index is 11.8. The quantitative estimate of drug-likeness (QED) is 0.279. The number of amides is 1. The predicted octanol–water partition coefficient (Wildman–Crippen LogP) is 2.93. The van der Waals surface area contributed by atoms with Crippen molar-refractivity contribution < 1.29 is 4.79 Å². The lowest BCUT2D eigenvalue weighted by Gasteiger charge is -2.43. The van der Waals surface area contributed by atoms with E-state index < -0.39 is 0 Å². The van der Waals surface area contributed by atoms with Crippen molar-refractivity contribution in [2.24, 2.45) is 4.99 Å². The first-order valence-electron chi connectivity index (χ1n) is 8.85. The smallest absolute Gasteiger partial charge is 0.243 e. The van der Waals surface area contributed by atoms with Crippen molar-refractivity contribution in [1.82, 2.24) is 15.5 Å². The first-order chi connectivity index (χ1) is 11.9. The SMILES string of the molecule is C=C(C)CNC(=NCC(=O)N(C)C)NCC1(c2ccccc2)CCC1.I. The van der Waals surface area contributed by atoms with Crippen LogP contribution in [0.15, 0.2) is 47.5 Å². The summed E-state index contributed by atoms with van der Waals surface area (Å²) in [6, 6.07) is 10.7. The Balaban J connectivity index is 0.00000338. The monoisotopic (exact) mass is 470 g/mol. The molecular formula is C20H31IN4O. The Morgan fingerprint density at radius 1 is 1.23 bits per heavy atom. The van der Waals surface area contributed by atoms with E-state index in [1.54, 1.807) is 19.0 Å². The lowest BCUT2D eigenvalue weighted by molar-refractivity contribution is -0.127. The van der Waals surface area contributed by atoms with Crippen LogP contribution in [-0.4, -0.2) is 50.5 Å². The zero-order valence-electron chi connectivity index (χ0n) is 16.0. The molecular weight excluding hydrogens is 439 g/mol. The Kier molecular flexibility index (Phi) is 9.12. The molecule has 0 unspecified atom stereocenters. The van der Waals surface area contributed by atoms with Gasteiger partial charge >= 0.3 is 0 Å². The Morgan fingerprint density at radius 2 is 1.88 bits per heavy atom. The van der Waals surface area contributed by atoms with Gasteiger partial charge in [0.05, 0.1) is 0 Å². The number of hydrogen-bond donors (Lipinski definition) is 2. The van der Waals surface area contributed by atoms with Gasteiger partial charge in [0.25, 0.3) is 0 Å². The first kappa shape index (κ1) is 22.5. The summed E-state index contributed by atoms with van der Waals surface area (Å²) >= 11 is 0. The van der Waals surface area contributed by atoms with Crippen molar-refractivity contribution in [1.29, 1.82) is 0 Å². The number of guanidine groups is 1. The minimum Gasteiger partial charge on any atom is -0.355 e. The highest BCUT2D eigenvalue weighted by atomic mass is 127. The summed E-state index contributed by atoms with van der Waals surface area (Å²) in [5.74, 6) is 0.651. The highest BCUT2D eigenvalue weighted by molar-refractivity contribution is 14.0. The number of carbonyl (C=O) groups is 1. The van der Waals surface area contributed by atoms with Gasteiger partial charge in [-0.05, 0) is 25.3 Å². The van der Waals surface area contributed by atoms with Crippen LogP contribution in [0, 0.1) is 0 Å². The third kappa shape index (κ3) is 6.30. The van der Waals surface area contributed by atoms with Crippen molar-refractivity contribution >= 4 is 35.8 Å². The van der Waals surface area contributed by atoms with E-state index in [-0.39, 0.29) is 41.8 Å². The van der Waals surface area contributed by atoms with Crippen LogP contribution in [0.3, 0.4) is 0 Å². The molecule has 26 heavy (non-hydrogen) atoms. The van der Waals surface area contributed by atoms with E-state index in [2.05, 4.69) is 52.5 Å². The van der Waals surface area contributed by atoms with Gasteiger partial charge in [-0.1, -0.05) is 48.9 Å². The second-order valence-electron chi connectivity index (χ2n) is 7.12. The van der Waals surface area contributed by atoms with Crippen molar-refractivity contribution in [3.63, 3.8) is 0 Å². The Hall–Kier alpha value is -1.57. The molecule has 1 aliphatic rings. The summed E-state index contributed by atoms with van der Waals surface area (Å²) in [6.45, 7) is 7.47. The predicted molar refractivity (Wildman–Crippen MR) is 119 cm³/mol. The Labute approximate surface area is 174 Å². The summed E-state index contributed by atoms with van der Waals surface area (Å²) in [6.07, 6.45) is 3.60. The first-order valence-corrected chi connectivity index (χ1v) is 8.85. The molecule has 0 saturated heterocycles. The molecule has 1 amide bonds. The number of likely N-dealkylation sites (N-methyl/N-ethyl adjacent to an activating group) is 1. The fraction of sp³-hybridized carbons (Fsp3) is 0.500. The molecule has 0 atom stereocenters. The van der Waals surface area contributed by atoms with Gasteiger partial charge in [-0.2, -0.15) is 0 Å². The van der Waals surface area contributed by atoms with Crippen LogP contribution in [0.1, 0.15) is 31.7 Å². The van der Waals surface area contributed by atoms with Crippen LogP contribution < -0.4 is 10.6 Å². The summed E-state index contributed by atoms with van der Waals surface area (Å²) < 4.78 is 0. The number of aliphatic imine (C=N–C) groups is 1. The topological polar surface area (TPSA) is 56.7 Å². The van der Waals surface area contributed by atoms with Crippen LogP contribution >= 0.6 is 24.0 Å². The molecule has 0 aromatic heterocycles. The standard InChI is InChI=1S/C20H30N4O.HI/c1-16(2)13-21-19(22-14-18(25)24(3)4)23-15-20(11-8-12-20)17-9-6-5-7-10-17;/h5-7,9-10H,1,8,11-15H2,2-4H3,(H2,21,22,23);1H. The van der Waals surface area contributed by atoms with Crippen molar-refractivity contribution in [2.45, 2.75) is 31.6 Å². The fourth-order valence-electron chi connectivity index (χ4n) is 2.91. The third-order valence-electron chi connectivity index (χ3n) is 4.72. The molecule has 144 valence electrons. The molecule has 0 spiro atoms. The van der Waals surface area contributed by atoms with E-state index >= 15 is 0 Å². The molecule has 5 nitrogen and oxygen atoms in total. The molecule has 2 N–H and O–H groups in total. The zero-order chi connectivity index (χ0) is 18.3. The molecule has 1 aliphatic carbocycles. The average Bonchev–Trinajstić information content (AvgIpc) is 2.55. The number of benzene rings is 1. The second kappa shape index (κ2) is 10.5. The average molecular weight is 470 g/mol. The van der Waals surface area contributed by atoms with Crippen molar-refractivity contribution in [3.05, 3.63) is 48.0 Å². The number of rotatable bonds is 7. The number of carbonyl (C=O) groups excluding carboxylic acids is 1. The van der Waals surface area contributed by atoms with Gasteiger partial charge in [0.2, 0.25) is 5.91 Å². The van der Waals surface area contributed by atoms with Crippen LogP contribution in [0.2, 0.25) is 0 Å². The Morgan fingerprint density at radius 3 is 2.38 bits per heavy atom. The summed E-state index contributed by atoms with van der Waals surface area (Å²) in [5, 5.41) is 6.69. The van der Waals surface area contributed by atoms with Gasteiger partial charge in [-0.15, -0.1) is 24.0 Å². The molecule has 1 aromatic carbocycles. The van der Waals surface area contributed by atoms with Gasteiger partial charge in [-0.25, -0.2) is 4.99 Å². The lowest BCUT2D eigenvalue weighted by Crippen LogP contribution is -2.49. The van der Waals surface area contributed by atoms with E-state index in [9.17, 15) is 4.79 Å². The maximum atomic E-state index is 11.8. The van der Waals surface area contributed by atoms with Crippen LogP contribution in [0.25, 0.3) is 0 Å². The molecule has 0 radical (unpaired) electrons. The number of halogens is 1. The minimum absolute atomic E-state index is 0. The van der Waals surface area contributed by atoms with Gasteiger partial charge < -0.3 is 15.5 Å². The van der Waals surface area contributed by atoms with Crippen LogP contribution in [0.4, 0.5) is 0 Å². The molecule has 1 fully saturated rings. The summed E-state index contributed by atoms with van der Waals surface area (Å²) in [5.41, 5.74) is 2.56. The Bertz CT molecular complexity index is 624. The third-order valence-corrected chi connectivity index (χ3v) is 4.72. The van der Waals surface area contributed by atoms with Crippen LogP contribution in [-0.2, 0) is 10.2 Å². The molecule has 0 bridgehead atoms. The van der Waals surface area contributed by atoms with E-state index in [0.29, 0.717) is 12.5 Å². The zero-order valence-corrected chi connectivity index (χ0v) is 18.4. The molecule has 0 aliphatic heterocycles. The normalized spacial score (nSPS) is 15.3. The van der Waals surface area contributed by atoms with Gasteiger partial charge in [-0.3, -0.25) is 4.79 Å². The molecule has 1 saturated carbocycles. The fourth-order valence-corrected chi connectivity index (χ4v) is 2.91. The minimum atomic E-state index is -0.0159.